The molecule has 1 aromatic carbocycles. The summed E-state index contributed by atoms with van der Waals surface area (Å²) in [5, 5.41) is 13.3. The van der Waals surface area contributed by atoms with Crippen molar-refractivity contribution in [1.29, 1.82) is 0 Å². The van der Waals surface area contributed by atoms with Gasteiger partial charge in [-0.3, -0.25) is 14.5 Å². The second-order valence-corrected chi connectivity index (χ2v) is 10.2. The van der Waals surface area contributed by atoms with Crippen molar-refractivity contribution in [3.63, 3.8) is 0 Å². The van der Waals surface area contributed by atoms with Crippen LogP contribution in [0.25, 0.3) is 0 Å². The van der Waals surface area contributed by atoms with Crippen LogP contribution in [0.5, 0.6) is 0 Å². The van der Waals surface area contributed by atoms with Gasteiger partial charge in [-0.15, -0.1) is 0 Å². The fraction of sp³-hybridized carbons (Fsp3) is 0.538. The predicted molar refractivity (Wildman–Crippen MR) is 129 cm³/mol. The molecule has 4 rings (SSSR count). The van der Waals surface area contributed by atoms with Crippen molar-refractivity contribution in [3.05, 3.63) is 58.6 Å². The lowest BCUT2D eigenvalue weighted by Crippen LogP contribution is -2.61. The highest BCUT2D eigenvalue weighted by Crippen LogP contribution is 2.30. The highest BCUT2D eigenvalue weighted by atomic mass is 19.1. The van der Waals surface area contributed by atoms with E-state index < -0.39 is 17.5 Å². The number of hydrogen-bond donors (Lipinski definition) is 2. The van der Waals surface area contributed by atoms with Gasteiger partial charge in [0.15, 0.2) is 0 Å². The summed E-state index contributed by atoms with van der Waals surface area (Å²) in [6.45, 7) is 8.68. The van der Waals surface area contributed by atoms with Crippen LogP contribution in [0.3, 0.4) is 0 Å². The first-order valence-corrected chi connectivity index (χ1v) is 12.4. The van der Waals surface area contributed by atoms with Crippen molar-refractivity contribution in [2.45, 2.75) is 39.9 Å². The number of halogens is 2. The van der Waals surface area contributed by atoms with E-state index in [0.717, 1.165) is 31.6 Å². The maximum atomic E-state index is 14.0. The predicted octanol–water partition coefficient (Wildman–Crippen LogP) is 2.73. The number of hydrogen-bond acceptors (Lipinski definition) is 6. The Bertz CT molecular complexity index is 1070. The third-order valence-corrected chi connectivity index (χ3v) is 6.73. The Hall–Kier alpha value is -2.98. The van der Waals surface area contributed by atoms with Crippen LogP contribution in [-0.2, 0) is 20.9 Å². The van der Waals surface area contributed by atoms with E-state index in [2.05, 4.69) is 31.0 Å². The minimum Gasteiger partial charge on any atom is -0.507 e. The molecule has 3 aliphatic rings. The first kappa shape index (κ1) is 26.1. The molecule has 2 atom stereocenters. The second kappa shape index (κ2) is 11.0. The van der Waals surface area contributed by atoms with E-state index in [1.807, 2.05) is 4.90 Å². The van der Waals surface area contributed by atoms with Crippen molar-refractivity contribution in [2.75, 3.05) is 39.4 Å². The van der Waals surface area contributed by atoms with Crippen molar-refractivity contribution in [2.24, 2.45) is 11.8 Å². The Balaban J connectivity index is 1.59. The molecule has 10 heteroatoms. The molecule has 1 unspecified atom stereocenters. The number of carbonyl (C=O) groups is 2. The van der Waals surface area contributed by atoms with E-state index in [9.17, 15) is 23.5 Å². The number of piperazine rings is 1. The van der Waals surface area contributed by atoms with Crippen LogP contribution < -0.4 is 5.32 Å². The average Bonchev–Trinajstić information content (AvgIpc) is 2.94. The van der Waals surface area contributed by atoms with E-state index in [0.29, 0.717) is 24.9 Å². The second-order valence-electron chi connectivity index (χ2n) is 10.2. The summed E-state index contributed by atoms with van der Waals surface area (Å²) in [6.07, 6.45) is 2.21. The van der Waals surface area contributed by atoms with E-state index in [1.165, 1.54) is 12.3 Å². The van der Waals surface area contributed by atoms with Crippen molar-refractivity contribution < 1.29 is 28.2 Å². The summed E-state index contributed by atoms with van der Waals surface area (Å²) in [7, 11) is 0. The third kappa shape index (κ3) is 5.70. The quantitative estimate of drug-likeness (QED) is 0.642. The zero-order valence-electron chi connectivity index (χ0n) is 21.0. The molecule has 0 spiro atoms. The number of aliphatic hydroxyl groups excluding tert-OH is 1. The first-order valence-electron chi connectivity index (χ1n) is 12.4. The molecular formula is C26H34F2N4O4. The van der Waals surface area contributed by atoms with Crippen molar-refractivity contribution in [1.82, 2.24) is 20.0 Å². The number of fused-ring (bicyclic) bond motifs is 2. The van der Waals surface area contributed by atoms with Gasteiger partial charge in [-0.25, -0.2) is 8.78 Å². The summed E-state index contributed by atoms with van der Waals surface area (Å²) < 4.78 is 32.7. The van der Waals surface area contributed by atoms with Gasteiger partial charge in [-0.1, -0.05) is 26.8 Å². The Morgan fingerprint density at radius 3 is 2.75 bits per heavy atom. The van der Waals surface area contributed by atoms with E-state index in [4.69, 9.17) is 4.74 Å². The largest absolute Gasteiger partial charge is 0.507 e. The van der Waals surface area contributed by atoms with Crippen LogP contribution in [0, 0.1) is 23.5 Å². The van der Waals surface area contributed by atoms with Gasteiger partial charge in [-0.2, -0.15) is 0 Å². The number of carbonyl (C=O) groups excluding carboxylic acids is 2. The Labute approximate surface area is 210 Å². The van der Waals surface area contributed by atoms with Crippen LogP contribution in [0.4, 0.5) is 8.78 Å². The van der Waals surface area contributed by atoms with Gasteiger partial charge in [0.1, 0.15) is 35.9 Å². The normalized spacial score (nSPS) is 26.9. The van der Waals surface area contributed by atoms with Gasteiger partial charge >= 0.3 is 0 Å². The number of ether oxygens (including phenoxy) is 1. The van der Waals surface area contributed by atoms with Gasteiger partial charge in [0, 0.05) is 44.0 Å². The zero-order chi connectivity index (χ0) is 26.0. The third-order valence-electron chi connectivity index (χ3n) is 6.73. The standard InChI is InChI=1S/C26H34F2N4O4/c1-16(2)10-30-11-17(3)6-7-32-23(30)13-31-12-19(14-36-15-22(33)24(31)26(32)35)25(34)29-9-18-4-5-20(27)8-21(18)28/h4-5,8,12,16-17,23,33H,6-7,9-11,13-15H2,1-3H3,(H,29,34)/b19-12+,24-22+/t17-,23?/m1/s1. The zero-order valence-corrected chi connectivity index (χ0v) is 21.0. The lowest BCUT2D eigenvalue weighted by Gasteiger charge is -2.46. The smallest absolute Gasteiger partial charge is 0.275 e. The Kier molecular flexibility index (Phi) is 7.94. The van der Waals surface area contributed by atoms with E-state index in [-0.39, 0.29) is 54.4 Å². The molecule has 0 bridgehead atoms. The molecular weight excluding hydrogens is 470 g/mol. The Morgan fingerprint density at radius 2 is 2.03 bits per heavy atom. The fourth-order valence-corrected chi connectivity index (χ4v) is 5.00. The van der Waals surface area contributed by atoms with Gasteiger partial charge < -0.3 is 25.0 Å². The van der Waals surface area contributed by atoms with Crippen LogP contribution in [0.2, 0.25) is 0 Å². The number of nitrogens with zero attached hydrogens (tertiary/aromatic N) is 3. The lowest BCUT2D eigenvalue weighted by atomic mass is 10.1. The molecule has 3 aliphatic heterocycles. The highest BCUT2D eigenvalue weighted by molar-refractivity contribution is 5.96. The Morgan fingerprint density at radius 1 is 1.25 bits per heavy atom. The molecule has 2 fully saturated rings. The van der Waals surface area contributed by atoms with Gasteiger partial charge in [-0.05, 0) is 24.3 Å². The number of amides is 2. The molecule has 2 saturated heterocycles. The van der Waals surface area contributed by atoms with Crippen LogP contribution in [0.15, 0.2) is 41.4 Å². The maximum Gasteiger partial charge on any atom is 0.275 e. The van der Waals surface area contributed by atoms with Crippen LogP contribution >= 0.6 is 0 Å². The molecule has 0 saturated carbocycles. The minimum atomic E-state index is -0.747. The van der Waals surface area contributed by atoms with Crippen molar-refractivity contribution >= 4 is 11.8 Å². The van der Waals surface area contributed by atoms with Gasteiger partial charge in [0.25, 0.3) is 11.8 Å². The molecule has 3 heterocycles. The molecule has 8 nitrogen and oxygen atoms in total. The number of rotatable bonds is 5. The SMILES string of the molecule is CC(C)CN1C[C@H](C)CCN2C(=O)/C3=C(\O)COC/C(C(=O)NCc4ccc(F)cc4F)=C\N3CC12. The van der Waals surface area contributed by atoms with Crippen LogP contribution in [0.1, 0.15) is 32.8 Å². The molecule has 2 N–H and O–H groups in total. The number of nitrogens with one attached hydrogen (secondary N) is 1. The molecule has 1 aromatic rings. The lowest BCUT2D eigenvalue weighted by molar-refractivity contribution is -0.140. The summed E-state index contributed by atoms with van der Waals surface area (Å²) in [5.74, 6) is -1.58. The van der Waals surface area contributed by atoms with E-state index >= 15 is 0 Å². The van der Waals surface area contributed by atoms with Gasteiger partial charge in [0.05, 0.1) is 18.7 Å². The number of aliphatic hydroxyl groups is 1. The molecule has 0 aliphatic carbocycles. The molecule has 36 heavy (non-hydrogen) atoms. The van der Waals surface area contributed by atoms with Gasteiger partial charge in [0.2, 0.25) is 0 Å². The number of benzene rings is 1. The van der Waals surface area contributed by atoms with Crippen molar-refractivity contribution in [3.8, 4) is 0 Å². The summed E-state index contributed by atoms with van der Waals surface area (Å²) >= 11 is 0. The summed E-state index contributed by atoms with van der Waals surface area (Å²) in [5.41, 5.74) is 0.497. The fourth-order valence-electron chi connectivity index (χ4n) is 5.00. The van der Waals surface area contributed by atoms with Crippen LogP contribution in [-0.4, -0.2) is 77.2 Å². The molecule has 196 valence electrons. The first-order chi connectivity index (χ1) is 17.1. The molecule has 2 amide bonds. The molecule has 0 aromatic heterocycles. The minimum absolute atomic E-state index is 0.0963. The van der Waals surface area contributed by atoms with E-state index in [1.54, 1.807) is 4.90 Å². The monoisotopic (exact) mass is 504 g/mol. The summed E-state index contributed by atoms with van der Waals surface area (Å²) in [6, 6.07) is 3.17. The maximum absolute atomic E-state index is 14.0. The molecule has 0 radical (unpaired) electrons. The topological polar surface area (TPSA) is 85.4 Å². The summed E-state index contributed by atoms with van der Waals surface area (Å²) in [4.78, 5) is 32.4. The highest BCUT2D eigenvalue weighted by Gasteiger charge is 2.42. The average molecular weight is 505 g/mol.